The molecule has 1 aromatic rings. The summed E-state index contributed by atoms with van der Waals surface area (Å²) in [7, 11) is 0. The van der Waals surface area contributed by atoms with Crippen LogP contribution in [0.25, 0.3) is 0 Å². The van der Waals surface area contributed by atoms with Gasteiger partial charge in [0.1, 0.15) is 5.82 Å². The van der Waals surface area contributed by atoms with Crippen LogP contribution in [-0.2, 0) is 5.75 Å². The third kappa shape index (κ3) is 4.08. The summed E-state index contributed by atoms with van der Waals surface area (Å²) in [4.78, 5) is 3.54. The van der Waals surface area contributed by atoms with Gasteiger partial charge in [-0.05, 0) is 17.7 Å². The first-order valence-corrected chi connectivity index (χ1v) is 5.60. The quantitative estimate of drug-likeness (QED) is 0.561. The fourth-order valence-electron chi connectivity index (χ4n) is 0.931. The maximum atomic E-state index is 12.8. The van der Waals surface area contributed by atoms with Crippen molar-refractivity contribution in [3.63, 3.8) is 0 Å². The highest BCUT2D eigenvalue weighted by molar-refractivity contribution is 8.13. The third-order valence-electron chi connectivity index (χ3n) is 1.59. The van der Waals surface area contributed by atoms with Gasteiger partial charge in [-0.15, -0.1) is 0 Å². The van der Waals surface area contributed by atoms with E-state index in [0.29, 0.717) is 5.75 Å². The predicted octanol–water partition coefficient (Wildman–Crippen LogP) is 1.92. The van der Waals surface area contributed by atoms with E-state index in [2.05, 4.69) is 4.99 Å². The van der Waals surface area contributed by atoms with Crippen molar-refractivity contribution >= 4 is 34.5 Å². The Morgan fingerprint density at radius 3 is 2.75 bits per heavy atom. The second-order valence-electron chi connectivity index (χ2n) is 2.88. The maximum absolute atomic E-state index is 12.8. The molecule has 0 aliphatic heterocycles. The molecule has 1 aromatic carbocycles. The van der Waals surface area contributed by atoms with Gasteiger partial charge in [0.15, 0.2) is 11.1 Å². The molecule has 0 unspecified atom stereocenters. The SMILES string of the molecule is N=C(N=C(N)N)SCc1ccc(F)c(Cl)c1. The lowest BCUT2D eigenvalue weighted by atomic mass is 10.2. The van der Waals surface area contributed by atoms with Gasteiger partial charge in [0, 0.05) is 5.75 Å². The number of benzene rings is 1. The zero-order valence-corrected chi connectivity index (χ0v) is 9.78. The van der Waals surface area contributed by atoms with Gasteiger partial charge in [0.05, 0.1) is 5.02 Å². The molecule has 0 aliphatic rings. The monoisotopic (exact) mass is 260 g/mol. The summed E-state index contributed by atoms with van der Waals surface area (Å²) in [6.45, 7) is 0. The molecule has 0 bridgehead atoms. The molecule has 0 aliphatic carbocycles. The molecule has 0 saturated carbocycles. The molecule has 0 aromatic heterocycles. The van der Waals surface area contributed by atoms with E-state index >= 15 is 0 Å². The van der Waals surface area contributed by atoms with Gasteiger partial charge in [0.25, 0.3) is 0 Å². The molecule has 16 heavy (non-hydrogen) atoms. The smallest absolute Gasteiger partial charge is 0.193 e. The normalized spacial score (nSPS) is 9.88. The Balaban J connectivity index is 2.58. The first kappa shape index (κ1) is 12.8. The predicted molar refractivity (Wildman–Crippen MR) is 66.2 cm³/mol. The lowest BCUT2D eigenvalue weighted by molar-refractivity contribution is 0.628. The van der Waals surface area contributed by atoms with E-state index in [9.17, 15) is 4.39 Å². The second-order valence-corrected chi connectivity index (χ2v) is 4.25. The summed E-state index contributed by atoms with van der Waals surface area (Å²) in [5.74, 6) is -0.167. The number of nitrogens with two attached hydrogens (primary N) is 2. The molecule has 0 radical (unpaired) electrons. The minimum atomic E-state index is -0.463. The van der Waals surface area contributed by atoms with Crippen LogP contribution in [0, 0.1) is 11.2 Å². The Morgan fingerprint density at radius 2 is 2.19 bits per heavy atom. The average Bonchev–Trinajstić information content (AvgIpc) is 2.19. The van der Waals surface area contributed by atoms with Crippen molar-refractivity contribution in [2.75, 3.05) is 0 Å². The minimum Gasteiger partial charge on any atom is -0.370 e. The third-order valence-corrected chi connectivity index (χ3v) is 2.72. The number of hydrogen-bond donors (Lipinski definition) is 3. The van der Waals surface area contributed by atoms with Gasteiger partial charge in [-0.25, -0.2) is 4.39 Å². The van der Waals surface area contributed by atoms with Crippen molar-refractivity contribution in [1.82, 2.24) is 0 Å². The van der Waals surface area contributed by atoms with E-state index in [-0.39, 0.29) is 16.1 Å². The number of rotatable bonds is 2. The Morgan fingerprint density at radius 1 is 1.50 bits per heavy atom. The van der Waals surface area contributed by atoms with Crippen LogP contribution in [-0.4, -0.2) is 11.1 Å². The molecule has 7 heteroatoms. The second kappa shape index (κ2) is 5.72. The van der Waals surface area contributed by atoms with E-state index in [1.807, 2.05) is 0 Å². The highest BCUT2D eigenvalue weighted by Crippen LogP contribution is 2.20. The summed E-state index contributed by atoms with van der Waals surface area (Å²) in [6.07, 6.45) is 0. The first-order valence-electron chi connectivity index (χ1n) is 4.24. The van der Waals surface area contributed by atoms with Crippen molar-refractivity contribution in [3.05, 3.63) is 34.6 Å². The van der Waals surface area contributed by atoms with Gasteiger partial charge in [0.2, 0.25) is 0 Å². The molecule has 0 amide bonds. The molecule has 4 nitrogen and oxygen atoms in total. The zero-order valence-electron chi connectivity index (χ0n) is 8.21. The van der Waals surface area contributed by atoms with Gasteiger partial charge in [-0.1, -0.05) is 29.4 Å². The van der Waals surface area contributed by atoms with E-state index < -0.39 is 5.82 Å². The van der Waals surface area contributed by atoms with E-state index in [1.54, 1.807) is 6.07 Å². The Labute approximate surface area is 101 Å². The van der Waals surface area contributed by atoms with Crippen molar-refractivity contribution < 1.29 is 4.39 Å². The molecule has 1 rings (SSSR count). The lowest BCUT2D eigenvalue weighted by Gasteiger charge is -2.01. The van der Waals surface area contributed by atoms with Crippen LogP contribution < -0.4 is 11.5 Å². The molecule has 0 atom stereocenters. The standard InChI is InChI=1S/C9H10ClFN4S/c10-6-3-5(1-2-7(6)11)4-16-9(14)15-8(12)13/h1-3H,4H2,(H5,12,13,14,15). The Kier molecular flexibility index (Phi) is 4.57. The number of guanidine groups is 1. The number of thioether (sulfide) groups is 1. The number of amidine groups is 1. The molecular weight excluding hydrogens is 251 g/mol. The van der Waals surface area contributed by atoms with Crippen molar-refractivity contribution in [2.45, 2.75) is 5.75 Å². The minimum absolute atomic E-state index is 0.000414. The van der Waals surface area contributed by atoms with Crippen LogP contribution in [0.4, 0.5) is 4.39 Å². The Hall–Kier alpha value is -1.27. The number of nitrogens with one attached hydrogen (secondary N) is 1. The number of aliphatic imine (C=N–C) groups is 1. The van der Waals surface area contributed by atoms with Crippen LogP contribution in [0.2, 0.25) is 5.02 Å². The van der Waals surface area contributed by atoms with Crippen LogP contribution in [0.15, 0.2) is 23.2 Å². The number of halogens is 2. The van der Waals surface area contributed by atoms with Gasteiger partial charge in [-0.3, -0.25) is 5.41 Å². The fourth-order valence-corrected chi connectivity index (χ4v) is 1.79. The van der Waals surface area contributed by atoms with Crippen LogP contribution in [0.5, 0.6) is 0 Å². The highest BCUT2D eigenvalue weighted by atomic mass is 35.5. The summed E-state index contributed by atoms with van der Waals surface area (Å²) < 4.78 is 12.8. The topological polar surface area (TPSA) is 88.2 Å². The highest BCUT2D eigenvalue weighted by Gasteiger charge is 2.02. The number of hydrogen-bond acceptors (Lipinski definition) is 2. The molecule has 0 fully saturated rings. The summed E-state index contributed by atoms with van der Waals surface area (Å²) in [5.41, 5.74) is 11.0. The lowest BCUT2D eigenvalue weighted by Crippen LogP contribution is -2.23. The van der Waals surface area contributed by atoms with E-state index in [4.69, 9.17) is 28.5 Å². The number of nitrogens with zero attached hydrogens (tertiary/aromatic N) is 1. The maximum Gasteiger partial charge on any atom is 0.193 e. The van der Waals surface area contributed by atoms with E-state index in [1.165, 1.54) is 12.1 Å². The zero-order chi connectivity index (χ0) is 12.1. The summed E-state index contributed by atoms with van der Waals surface area (Å²) >= 11 is 6.74. The molecule has 0 heterocycles. The van der Waals surface area contributed by atoms with Gasteiger partial charge >= 0.3 is 0 Å². The van der Waals surface area contributed by atoms with Crippen molar-refractivity contribution in [1.29, 1.82) is 5.41 Å². The molecular formula is C9H10ClFN4S. The molecule has 0 saturated heterocycles. The van der Waals surface area contributed by atoms with Crippen LogP contribution in [0.3, 0.4) is 0 Å². The van der Waals surface area contributed by atoms with Crippen LogP contribution >= 0.6 is 23.4 Å². The summed E-state index contributed by atoms with van der Waals surface area (Å²) in [5, 5.41) is 7.43. The largest absolute Gasteiger partial charge is 0.370 e. The van der Waals surface area contributed by atoms with E-state index in [0.717, 1.165) is 17.3 Å². The first-order chi connectivity index (χ1) is 7.49. The van der Waals surface area contributed by atoms with Gasteiger partial charge < -0.3 is 11.5 Å². The van der Waals surface area contributed by atoms with Crippen molar-refractivity contribution in [3.8, 4) is 0 Å². The summed E-state index contributed by atoms with van der Waals surface area (Å²) in [6, 6.07) is 4.38. The molecule has 5 N–H and O–H groups in total. The molecule has 0 spiro atoms. The van der Waals surface area contributed by atoms with Crippen LogP contribution in [0.1, 0.15) is 5.56 Å². The van der Waals surface area contributed by atoms with Crippen molar-refractivity contribution in [2.24, 2.45) is 16.5 Å². The Bertz CT molecular complexity index is 432. The molecule has 86 valence electrons. The average molecular weight is 261 g/mol. The fraction of sp³-hybridized carbons (Fsp3) is 0.111. The van der Waals surface area contributed by atoms with Gasteiger partial charge in [-0.2, -0.15) is 4.99 Å².